The lowest BCUT2D eigenvalue weighted by Gasteiger charge is -2.31. The van der Waals surface area contributed by atoms with E-state index in [-0.39, 0.29) is 23.2 Å². The summed E-state index contributed by atoms with van der Waals surface area (Å²) in [6.45, 7) is 12.5. The Kier molecular flexibility index (Phi) is 8.59. The van der Waals surface area contributed by atoms with Gasteiger partial charge in [0, 0.05) is 24.2 Å². The molecule has 1 aliphatic rings. The van der Waals surface area contributed by atoms with Gasteiger partial charge in [0.15, 0.2) is 0 Å². The minimum absolute atomic E-state index is 0.0401. The first-order valence-electron chi connectivity index (χ1n) is 12.2. The molecule has 0 radical (unpaired) electrons. The second kappa shape index (κ2) is 11.4. The number of ether oxygens (including phenoxy) is 3. The number of nitrogens with zero attached hydrogens (tertiary/aromatic N) is 1. The Morgan fingerprint density at radius 2 is 1.65 bits per heavy atom. The molecule has 34 heavy (non-hydrogen) atoms. The SMILES string of the molecule is CCOC(=O)C1CCN(C(=O)c2ccc(OCC)c(COc3ccccc3C(C)(C)C)c2)CC1. The Labute approximate surface area is 203 Å². The summed E-state index contributed by atoms with van der Waals surface area (Å²) in [7, 11) is 0. The number of benzene rings is 2. The van der Waals surface area contributed by atoms with E-state index < -0.39 is 0 Å². The van der Waals surface area contributed by atoms with Crippen molar-refractivity contribution in [2.24, 2.45) is 5.92 Å². The molecule has 0 aliphatic carbocycles. The Bertz CT molecular complexity index is 987. The van der Waals surface area contributed by atoms with Gasteiger partial charge in [-0.15, -0.1) is 0 Å². The lowest BCUT2D eigenvalue weighted by molar-refractivity contribution is -0.149. The van der Waals surface area contributed by atoms with Gasteiger partial charge < -0.3 is 19.1 Å². The van der Waals surface area contributed by atoms with Crippen molar-refractivity contribution in [3.63, 3.8) is 0 Å². The molecule has 0 N–H and O–H groups in total. The van der Waals surface area contributed by atoms with Crippen LogP contribution in [0.5, 0.6) is 11.5 Å². The molecule has 3 rings (SSSR count). The van der Waals surface area contributed by atoms with E-state index in [2.05, 4.69) is 26.8 Å². The molecule has 0 atom stereocenters. The van der Waals surface area contributed by atoms with E-state index >= 15 is 0 Å². The number of para-hydroxylation sites is 1. The van der Waals surface area contributed by atoms with Gasteiger partial charge in [0.25, 0.3) is 5.91 Å². The van der Waals surface area contributed by atoms with Crippen LogP contribution in [-0.4, -0.2) is 43.1 Å². The van der Waals surface area contributed by atoms with Crippen LogP contribution in [0.4, 0.5) is 0 Å². The molecule has 0 aromatic heterocycles. The van der Waals surface area contributed by atoms with Crippen LogP contribution in [0.25, 0.3) is 0 Å². The fourth-order valence-electron chi connectivity index (χ4n) is 4.25. The predicted molar refractivity (Wildman–Crippen MR) is 132 cm³/mol. The molecule has 1 heterocycles. The molecule has 1 amide bonds. The number of carbonyl (C=O) groups excluding carboxylic acids is 2. The highest BCUT2D eigenvalue weighted by Crippen LogP contribution is 2.32. The Hall–Kier alpha value is -3.02. The molecule has 1 fully saturated rings. The van der Waals surface area contributed by atoms with Crippen molar-refractivity contribution in [3.05, 3.63) is 59.2 Å². The summed E-state index contributed by atoms with van der Waals surface area (Å²) in [5, 5.41) is 0. The molecular formula is C28H37NO5. The fourth-order valence-corrected chi connectivity index (χ4v) is 4.25. The molecule has 6 heteroatoms. The highest BCUT2D eigenvalue weighted by atomic mass is 16.5. The molecule has 6 nitrogen and oxygen atoms in total. The van der Waals surface area contributed by atoms with Gasteiger partial charge in [0.05, 0.1) is 19.1 Å². The van der Waals surface area contributed by atoms with Crippen molar-refractivity contribution < 1.29 is 23.8 Å². The Morgan fingerprint density at radius 3 is 2.29 bits per heavy atom. The monoisotopic (exact) mass is 467 g/mol. The van der Waals surface area contributed by atoms with Crippen LogP contribution in [0.15, 0.2) is 42.5 Å². The van der Waals surface area contributed by atoms with E-state index in [1.54, 1.807) is 6.07 Å². The molecule has 184 valence electrons. The first-order chi connectivity index (χ1) is 16.2. The number of carbonyl (C=O) groups is 2. The van der Waals surface area contributed by atoms with E-state index in [0.29, 0.717) is 57.1 Å². The van der Waals surface area contributed by atoms with Gasteiger partial charge in [-0.1, -0.05) is 39.0 Å². The molecule has 1 aliphatic heterocycles. The number of hydrogen-bond donors (Lipinski definition) is 0. The maximum atomic E-state index is 13.2. The second-order valence-corrected chi connectivity index (χ2v) is 9.61. The third-order valence-corrected chi connectivity index (χ3v) is 6.09. The average Bonchev–Trinajstić information content (AvgIpc) is 2.83. The molecule has 0 unspecified atom stereocenters. The summed E-state index contributed by atoms with van der Waals surface area (Å²) < 4.78 is 17.2. The molecule has 1 saturated heterocycles. The van der Waals surface area contributed by atoms with Crippen LogP contribution < -0.4 is 9.47 Å². The summed E-state index contributed by atoms with van der Waals surface area (Å²) in [5.41, 5.74) is 2.51. The number of esters is 1. The number of rotatable bonds is 8. The van der Waals surface area contributed by atoms with Crippen LogP contribution in [0.2, 0.25) is 0 Å². The normalized spacial score (nSPS) is 14.6. The molecule has 0 spiro atoms. The third kappa shape index (κ3) is 6.31. The van der Waals surface area contributed by atoms with E-state index in [1.807, 2.05) is 49.1 Å². The largest absolute Gasteiger partial charge is 0.493 e. The number of hydrogen-bond acceptors (Lipinski definition) is 5. The van der Waals surface area contributed by atoms with Crippen molar-refractivity contribution in [2.75, 3.05) is 26.3 Å². The van der Waals surface area contributed by atoms with Crippen molar-refractivity contribution >= 4 is 11.9 Å². The fraction of sp³-hybridized carbons (Fsp3) is 0.500. The lowest BCUT2D eigenvalue weighted by Crippen LogP contribution is -2.40. The van der Waals surface area contributed by atoms with Crippen LogP contribution in [0.1, 0.15) is 68.9 Å². The molecule has 2 aromatic rings. The zero-order chi connectivity index (χ0) is 24.7. The third-order valence-electron chi connectivity index (χ3n) is 6.09. The Morgan fingerprint density at radius 1 is 0.941 bits per heavy atom. The average molecular weight is 468 g/mol. The van der Waals surface area contributed by atoms with Gasteiger partial charge in [0.2, 0.25) is 0 Å². The first-order valence-corrected chi connectivity index (χ1v) is 12.2. The maximum absolute atomic E-state index is 13.2. The predicted octanol–water partition coefficient (Wildman–Crippen LogP) is 5.38. The first kappa shape index (κ1) is 25.6. The van der Waals surface area contributed by atoms with Gasteiger partial charge in [-0.2, -0.15) is 0 Å². The highest BCUT2D eigenvalue weighted by molar-refractivity contribution is 5.94. The van der Waals surface area contributed by atoms with E-state index in [1.165, 1.54) is 0 Å². The van der Waals surface area contributed by atoms with Crippen molar-refractivity contribution in [3.8, 4) is 11.5 Å². The van der Waals surface area contributed by atoms with Gasteiger partial charge >= 0.3 is 5.97 Å². The quantitative estimate of drug-likeness (QED) is 0.488. The Balaban J connectivity index is 1.74. The van der Waals surface area contributed by atoms with Crippen LogP contribution in [0, 0.1) is 5.92 Å². The summed E-state index contributed by atoms with van der Waals surface area (Å²) in [4.78, 5) is 27.0. The lowest BCUT2D eigenvalue weighted by atomic mass is 9.86. The second-order valence-electron chi connectivity index (χ2n) is 9.61. The standard InChI is InChI=1S/C28H37NO5/c1-6-32-24-13-12-21(26(30)29-16-14-20(15-17-29)27(31)33-7-2)18-22(24)19-34-25-11-9-8-10-23(25)28(3,4)5/h8-13,18,20H,6-7,14-17,19H2,1-5H3. The van der Waals surface area contributed by atoms with E-state index in [0.717, 1.165) is 16.9 Å². The maximum Gasteiger partial charge on any atom is 0.309 e. The molecule has 2 aromatic carbocycles. The molecular weight excluding hydrogens is 430 g/mol. The van der Waals surface area contributed by atoms with Gasteiger partial charge in [-0.05, 0) is 61.9 Å². The summed E-state index contributed by atoms with van der Waals surface area (Å²) in [5.74, 6) is 1.21. The molecule has 0 bridgehead atoms. The van der Waals surface area contributed by atoms with Gasteiger partial charge in [-0.3, -0.25) is 9.59 Å². The summed E-state index contributed by atoms with van der Waals surface area (Å²) in [6.07, 6.45) is 1.25. The van der Waals surface area contributed by atoms with E-state index in [9.17, 15) is 9.59 Å². The van der Waals surface area contributed by atoms with Crippen LogP contribution in [0.3, 0.4) is 0 Å². The minimum atomic E-state index is -0.161. The zero-order valence-electron chi connectivity index (χ0n) is 21.1. The van der Waals surface area contributed by atoms with Crippen LogP contribution in [-0.2, 0) is 21.6 Å². The van der Waals surface area contributed by atoms with Gasteiger partial charge in [0.1, 0.15) is 18.1 Å². The number of piperidine rings is 1. The minimum Gasteiger partial charge on any atom is -0.493 e. The van der Waals surface area contributed by atoms with Crippen LogP contribution >= 0.6 is 0 Å². The molecule has 0 saturated carbocycles. The van der Waals surface area contributed by atoms with Crippen molar-refractivity contribution in [1.29, 1.82) is 0 Å². The summed E-state index contributed by atoms with van der Waals surface area (Å²) in [6, 6.07) is 13.6. The number of amides is 1. The summed E-state index contributed by atoms with van der Waals surface area (Å²) >= 11 is 0. The van der Waals surface area contributed by atoms with E-state index in [4.69, 9.17) is 14.2 Å². The zero-order valence-corrected chi connectivity index (χ0v) is 21.1. The topological polar surface area (TPSA) is 65.1 Å². The number of likely N-dealkylation sites (tertiary alicyclic amines) is 1. The smallest absolute Gasteiger partial charge is 0.309 e. The van der Waals surface area contributed by atoms with Crippen molar-refractivity contribution in [1.82, 2.24) is 4.90 Å². The van der Waals surface area contributed by atoms with Crippen molar-refractivity contribution in [2.45, 2.75) is 59.5 Å². The highest BCUT2D eigenvalue weighted by Gasteiger charge is 2.29. The van der Waals surface area contributed by atoms with Gasteiger partial charge in [-0.25, -0.2) is 0 Å².